The Labute approximate surface area is 229 Å². The van der Waals surface area contributed by atoms with E-state index in [-0.39, 0.29) is 22.6 Å². The van der Waals surface area contributed by atoms with Crippen molar-refractivity contribution in [3.05, 3.63) is 95.7 Å². The maximum atomic E-state index is 13.2. The molecule has 1 heterocycles. The van der Waals surface area contributed by atoms with Crippen LogP contribution in [0.15, 0.2) is 83.9 Å². The van der Waals surface area contributed by atoms with Gasteiger partial charge >= 0.3 is 0 Å². The summed E-state index contributed by atoms with van der Waals surface area (Å²) in [6, 6.07) is 21.1. The predicted octanol–water partition coefficient (Wildman–Crippen LogP) is 4.92. The van der Waals surface area contributed by atoms with E-state index in [4.69, 9.17) is 0 Å². The zero-order chi connectivity index (χ0) is 28.4. The van der Waals surface area contributed by atoms with Crippen LogP contribution in [-0.2, 0) is 30.2 Å². The van der Waals surface area contributed by atoms with E-state index in [1.54, 1.807) is 24.4 Å². The minimum atomic E-state index is -3.38. The molecule has 0 unspecified atom stereocenters. The van der Waals surface area contributed by atoms with Crippen molar-refractivity contribution in [2.75, 3.05) is 12.5 Å². The van der Waals surface area contributed by atoms with Crippen LogP contribution >= 0.6 is 0 Å². The highest BCUT2D eigenvalue weighted by Gasteiger charge is 2.16. The fourth-order valence-corrected chi connectivity index (χ4v) is 5.73. The van der Waals surface area contributed by atoms with Gasteiger partial charge in [0.2, 0.25) is 0 Å². The maximum absolute atomic E-state index is 13.2. The van der Waals surface area contributed by atoms with E-state index in [1.807, 2.05) is 62.4 Å². The number of fused-ring (bicyclic) bond motifs is 1. The number of benzene rings is 3. The summed E-state index contributed by atoms with van der Waals surface area (Å²) in [7, 11) is -6.62. The summed E-state index contributed by atoms with van der Waals surface area (Å²) in [6.07, 6.45) is 5.80. The van der Waals surface area contributed by atoms with Crippen molar-refractivity contribution in [1.82, 2.24) is 10.3 Å². The van der Waals surface area contributed by atoms with Crippen LogP contribution in [0.25, 0.3) is 33.7 Å². The SMILES string of the molecule is CC(C)NC(=O)C(=Cc1cccc(-c2cc(CS(C)(=O)=O)cc3cccnc23)c1)c1ccc(S(C)(=O)=O)cc1. The molecule has 7 nitrogen and oxygen atoms in total. The van der Waals surface area contributed by atoms with Crippen molar-refractivity contribution in [3.63, 3.8) is 0 Å². The van der Waals surface area contributed by atoms with E-state index < -0.39 is 19.7 Å². The molecule has 202 valence electrons. The average molecular weight is 563 g/mol. The second-order valence-corrected chi connectivity index (χ2v) is 14.1. The Bertz CT molecular complexity index is 1790. The van der Waals surface area contributed by atoms with Crippen LogP contribution in [-0.4, -0.2) is 46.3 Å². The molecule has 0 aliphatic rings. The summed E-state index contributed by atoms with van der Waals surface area (Å²) in [6.45, 7) is 3.73. The van der Waals surface area contributed by atoms with E-state index in [0.717, 1.165) is 33.8 Å². The Morgan fingerprint density at radius 3 is 2.28 bits per heavy atom. The minimum Gasteiger partial charge on any atom is -0.350 e. The van der Waals surface area contributed by atoms with Crippen molar-refractivity contribution >= 4 is 48.1 Å². The second-order valence-electron chi connectivity index (χ2n) is 9.90. The molecule has 1 amide bonds. The summed E-state index contributed by atoms with van der Waals surface area (Å²) in [4.78, 5) is 17.9. The van der Waals surface area contributed by atoms with Crippen LogP contribution in [0.5, 0.6) is 0 Å². The maximum Gasteiger partial charge on any atom is 0.252 e. The molecule has 0 bridgehead atoms. The lowest BCUT2D eigenvalue weighted by Gasteiger charge is -2.13. The first-order valence-corrected chi connectivity index (χ1v) is 16.2. The van der Waals surface area contributed by atoms with Crippen LogP contribution < -0.4 is 5.32 Å². The number of pyridine rings is 1. The molecule has 4 aromatic rings. The molecule has 3 aromatic carbocycles. The third kappa shape index (κ3) is 7.19. The monoisotopic (exact) mass is 562 g/mol. The van der Waals surface area contributed by atoms with Gasteiger partial charge < -0.3 is 5.32 Å². The molecular formula is C30H30N2O5S2. The number of sulfone groups is 2. The van der Waals surface area contributed by atoms with E-state index in [9.17, 15) is 21.6 Å². The van der Waals surface area contributed by atoms with Crippen LogP contribution in [0.1, 0.15) is 30.5 Å². The summed E-state index contributed by atoms with van der Waals surface area (Å²) in [5, 5.41) is 3.74. The first kappa shape index (κ1) is 28.2. The summed E-state index contributed by atoms with van der Waals surface area (Å²) in [5.74, 6) is -0.377. The van der Waals surface area contributed by atoms with Crippen molar-refractivity contribution in [1.29, 1.82) is 0 Å². The van der Waals surface area contributed by atoms with Gasteiger partial charge in [-0.3, -0.25) is 9.78 Å². The average Bonchev–Trinajstić information content (AvgIpc) is 2.85. The molecule has 0 atom stereocenters. The highest BCUT2D eigenvalue weighted by molar-refractivity contribution is 7.90. The number of aromatic nitrogens is 1. The third-order valence-electron chi connectivity index (χ3n) is 5.96. The highest BCUT2D eigenvalue weighted by atomic mass is 32.2. The number of hydrogen-bond donors (Lipinski definition) is 1. The van der Waals surface area contributed by atoms with Gasteiger partial charge in [0.05, 0.1) is 16.2 Å². The Morgan fingerprint density at radius 2 is 1.64 bits per heavy atom. The van der Waals surface area contributed by atoms with Gasteiger partial charge in [-0.25, -0.2) is 16.8 Å². The molecule has 0 fully saturated rings. The number of rotatable bonds is 8. The Kier molecular flexibility index (Phi) is 8.04. The number of carbonyl (C=O) groups is 1. The zero-order valence-electron chi connectivity index (χ0n) is 22.2. The van der Waals surface area contributed by atoms with E-state index >= 15 is 0 Å². The molecule has 9 heteroatoms. The number of amides is 1. The minimum absolute atomic E-state index is 0.0899. The highest BCUT2D eigenvalue weighted by Crippen LogP contribution is 2.31. The molecule has 0 aliphatic carbocycles. The standard InChI is InChI=1S/C30H30N2O5S2/c1-20(2)32-30(33)28(23-10-12-26(13-11-23)39(4,36)37)17-21-7-5-8-24(15-21)27-18-22(19-38(3,34)35)16-25-9-6-14-31-29(25)27/h5-18,20H,19H2,1-4H3,(H,32,33). The van der Waals surface area contributed by atoms with Gasteiger partial charge in [0.1, 0.15) is 0 Å². The topological polar surface area (TPSA) is 110 Å². The van der Waals surface area contributed by atoms with E-state index in [2.05, 4.69) is 10.3 Å². The molecule has 0 radical (unpaired) electrons. The van der Waals surface area contributed by atoms with Gasteiger partial charge in [-0.05, 0) is 78.6 Å². The third-order valence-corrected chi connectivity index (χ3v) is 7.95. The van der Waals surface area contributed by atoms with Crippen LogP contribution in [0.3, 0.4) is 0 Å². The van der Waals surface area contributed by atoms with Gasteiger partial charge in [0.25, 0.3) is 5.91 Å². The summed E-state index contributed by atoms with van der Waals surface area (Å²) in [5.41, 5.74) is 4.71. The van der Waals surface area contributed by atoms with Crippen LogP contribution in [0.4, 0.5) is 0 Å². The largest absolute Gasteiger partial charge is 0.350 e. The molecule has 1 aromatic heterocycles. The van der Waals surface area contributed by atoms with E-state index in [0.29, 0.717) is 16.7 Å². The molecule has 0 saturated carbocycles. The lowest BCUT2D eigenvalue weighted by molar-refractivity contribution is -0.116. The van der Waals surface area contributed by atoms with E-state index in [1.165, 1.54) is 18.4 Å². The molecule has 0 spiro atoms. The second kappa shape index (κ2) is 11.1. The van der Waals surface area contributed by atoms with Gasteiger partial charge in [-0.15, -0.1) is 0 Å². The summed E-state index contributed by atoms with van der Waals surface area (Å²) < 4.78 is 47.9. The van der Waals surface area contributed by atoms with Crippen molar-refractivity contribution in [2.45, 2.75) is 30.5 Å². The van der Waals surface area contributed by atoms with Gasteiger partial charge in [-0.1, -0.05) is 36.4 Å². The molecule has 0 saturated heterocycles. The number of hydrogen-bond acceptors (Lipinski definition) is 6. The number of nitrogens with one attached hydrogen (secondary N) is 1. The Balaban J connectivity index is 1.84. The molecule has 4 rings (SSSR count). The van der Waals surface area contributed by atoms with Crippen molar-refractivity contribution in [2.24, 2.45) is 0 Å². The van der Waals surface area contributed by atoms with Gasteiger partial charge in [-0.2, -0.15) is 0 Å². The predicted molar refractivity (Wildman–Crippen MR) is 156 cm³/mol. The quantitative estimate of drug-likeness (QED) is 0.241. The normalized spacial score (nSPS) is 12.6. The Morgan fingerprint density at radius 1 is 0.923 bits per heavy atom. The van der Waals surface area contributed by atoms with Crippen molar-refractivity contribution < 1.29 is 21.6 Å². The van der Waals surface area contributed by atoms with Crippen LogP contribution in [0, 0.1) is 0 Å². The molecule has 0 aliphatic heterocycles. The van der Waals surface area contributed by atoms with Crippen LogP contribution in [0.2, 0.25) is 0 Å². The fraction of sp³-hybridized carbons (Fsp3) is 0.200. The number of carbonyl (C=O) groups excluding carboxylic acids is 1. The zero-order valence-corrected chi connectivity index (χ0v) is 23.8. The summed E-state index contributed by atoms with van der Waals surface area (Å²) >= 11 is 0. The van der Waals surface area contributed by atoms with Gasteiger partial charge in [0.15, 0.2) is 19.7 Å². The van der Waals surface area contributed by atoms with Crippen molar-refractivity contribution in [3.8, 4) is 11.1 Å². The smallest absolute Gasteiger partial charge is 0.252 e. The Hall–Kier alpha value is -3.82. The molecule has 39 heavy (non-hydrogen) atoms. The lowest BCUT2D eigenvalue weighted by Crippen LogP contribution is -2.30. The fourth-order valence-electron chi connectivity index (χ4n) is 4.32. The van der Waals surface area contributed by atoms with Gasteiger partial charge in [0, 0.05) is 41.3 Å². The first-order chi connectivity index (χ1) is 18.3. The number of nitrogens with zero attached hydrogens (tertiary/aromatic N) is 1. The first-order valence-electron chi connectivity index (χ1n) is 12.3. The molecule has 1 N–H and O–H groups in total. The lowest BCUT2D eigenvalue weighted by atomic mass is 9.96. The molecular weight excluding hydrogens is 532 g/mol.